The fourth-order valence-electron chi connectivity index (χ4n) is 1.28. The summed E-state index contributed by atoms with van der Waals surface area (Å²) in [5, 5.41) is 5.42. The second-order valence-corrected chi connectivity index (χ2v) is 4.35. The number of hydrogen-bond acceptors (Lipinski definition) is 2. The van der Waals surface area contributed by atoms with Crippen molar-refractivity contribution < 1.29 is 9.53 Å². The zero-order valence-electron chi connectivity index (χ0n) is 11.1. The summed E-state index contributed by atoms with van der Waals surface area (Å²) in [5.41, 5.74) is 1.000. The Morgan fingerprint density at radius 1 is 1.33 bits per heavy atom. The van der Waals surface area contributed by atoms with Crippen LogP contribution in [0.5, 0.6) is 5.75 Å². The van der Waals surface area contributed by atoms with Gasteiger partial charge in [-0.1, -0.05) is 26.0 Å². The monoisotopic (exact) mass is 248 g/mol. The molecule has 0 unspecified atom stereocenters. The van der Waals surface area contributed by atoms with Crippen LogP contribution >= 0.6 is 0 Å². The Hall–Kier alpha value is -1.97. The summed E-state index contributed by atoms with van der Waals surface area (Å²) in [6.07, 6.45) is 3.45. The molecule has 18 heavy (non-hydrogen) atoms. The molecule has 0 heterocycles. The van der Waals surface area contributed by atoms with E-state index in [0.717, 1.165) is 11.3 Å². The third-order valence-electron chi connectivity index (χ3n) is 2.28. The van der Waals surface area contributed by atoms with Crippen molar-refractivity contribution in [2.24, 2.45) is 5.92 Å². The quantitative estimate of drug-likeness (QED) is 0.841. The van der Waals surface area contributed by atoms with Crippen molar-refractivity contribution in [1.82, 2.24) is 10.6 Å². The lowest BCUT2D eigenvalue weighted by atomic mass is 10.2. The van der Waals surface area contributed by atoms with Gasteiger partial charge in [-0.25, -0.2) is 4.79 Å². The highest BCUT2D eigenvalue weighted by Gasteiger charge is 1.98. The van der Waals surface area contributed by atoms with E-state index in [-0.39, 0.29) is 6.03 Å². The molecule has 0 aliphatic rings. The highest BCUT2D eigenvalue weighted by Crippen LogP contribution is 2.11. The molecule has 0 radical (unpaired) electrons. The third kappa shape index (κ3) is 5.39. The largest absolute Gasteiger partial charge is 0.497 e. The molecule has 0 saturated carbocycles. The van der Waals surface area contributed by atoms with E-state index >= 15 is 0 Å². The molecule has 0 spiro atoms. The van der Waals surface area contributed by atoms with Gasteiger partial charge in [0.05, 0.1) is 7.11 Å². The maximum absolute atomic E-state index is 11.3. The van der Waals surface area contributed by atoms with E-state index in [4.69, 9.17) is 4.74 Å². The summed E-state index contributed by atoms with van der Waals surface area (Å²) < 4.78 is 5.06. The normalized spacial score (nSPS) is 10.7. The van der Waals surface area contributed by atoms with Crippen molar-refractivity contribution in [3.05, 3.63) is 36.0 Å². The first-order valence-electron chi connectivity index (χ1n) is 5.97. The van der Waals surface area contributed by atoms with Crippen molar-refractivity contribution in [1.29, 1.82) is 0 Å². The Morgan fingerprint density at radius 3 is 2.56 bits per heavy atom. The number of carbonyl (C=O) groups is 1. The van der Waals surface area contributed by atoms with Gasteiger partial charge in [0.15, 0.2) is 0 Å². The highest BCUT2D eigenvalue weighted by molar-refractivity contribution is 5.75. The van der Waals surface area contributed by atoms with Crippen LogP contribution in [0.25, 0.3) is 6.08 Å². The minimum Gasteiger partial charge on any atom is -0.497 e. The van der Waals surface area contributed by atoms with Gasteiger partial charge in [-0.15, -0.1) is 0 Å². The molecule has 0 bridgehead atoms. The number of urea groups is 1. The molecular weight excluding hydrogens is 228 g/mol. The maximum Gasteiger partial charge on any atom is 0.318 e. The number of amides is 2. The van der Waals surface area contributed by atoms with E-state index in [0.29, 0.717) is 12.5 Å². The molecule has 0 saturated heterocycles. The number of methoxy groups -OCH3 is 1. The Kier molecular flexibility index (Phi) is 5.77. The molecule has 0 aliphatic carbocycles. The summed E-state index contributed by atoms with van der Waals surface area (Å²) in [6.45, 7) is 4.77. The van der Waals surface area contributed by atoms with Gasteiger partial charge in [-0.3, -0.25) is 0 Å². The van der Waals surface area contributed by atoms with E-state index < -0.39 is 0 Å². The van der Waals surface area contributed by atoms with E-state index in [1.165, 1.54) is 0 Å². The Labute approximate surface area is 108 Å². The molecule has 0 aliphatic heterocycles. The topological polar surface area (TPSA) is 50.4 Å². The zero-order chi connectivity index (χ0) is 13.4. The van der Waals surface area contributed by atoms with E-state index in [9.17, 15) is 4.79 Å². The Bertz CT molecular complexity index is 397. The fourth-order valence-corrected chi connectivity index (χ4v) is 1.28. The predicted molar refractivity (Wildman–Crippen MR) is 73.4 cm³/mol. The summed E-state index contributed by atoms with van der Waals surface area (Å²) in [5.74, 6) is 1.26. The lowest BCUT2D eigenvalue weighted by Gasteiger charge is -2.06. The van der Waals surface area contributed by atoms with Crippen LogP contribution in [0.15, 0.2) is 30.5 Å². The summed E-state index contributed by atoms with van der Waals surface area (Å²) in [4.78, 5) is 11.3. The molecular formula is C14H20N2O2. The number of rotatable bonds is 5. The van der Waals surface area contributed by atoms with Crippen molar-refractivity contribution in [3.8, 4) is 5.75 Å². The smallest absolute Gasteiger partial charge is 0.318 e. The number of carbonyl (C=O) groups excluding carboxylic acids is 1. The standard InChI is InChI=1S/C14H20N2O2/c1-11(2)10-16-14(17)15-9-8-12-4-6-13(18-3)7-5-12/h4-9,11H,10H2,1-3H3,(H2,15,16,17)/b9-8+. The number of benzene rings is 1. The number of nitrogens with one attached hydrogen (secondary N) is 2. The molecule has 1 aromatic carbocycles. The number of hydrogen-bond donors (Lipinski definition) is 2. The lowest BCUT2D eigenvalue weighted by Crippen LogP contribution is -2.34. The van der Waals surface area contributed by atoms with Crippen LogP contribution < -0.4 is 15.4 Å². The second-order valence-electron chi connectivity index (χ2n) is 4.35. The molecule has 4 heteroatoms. The van der Waals surface area contributed by atoms with E-state index in [1.807, 2.05) is 44.2 Å². The average Bonchev–Trinajstić information content (AvgIpc) is 2.37. The van der Waals surface area contributed by atoms with Crippen LogP contribution in [-0.4, -0.2) is 19.7 Å². The van der Waals surface area contributed by atoms with Crippen LogP contribution in [0, 0.1) is 5.92 Å². The molecule has 98 valence electrons. The summed E-state index contributed by atoms with van der Waals surface area (Å²) in [6, 6.07) is 7.40. The van der Waals surface area contributed by atoms with Crippen LogP contribution in [0.4, 0.5) is 4.79 Å². The number of ether oxygens (including phenoxy) is 1. The average molecular weight is 248 g/mol. The van der Waals surface area contributed by atoms with Crippen LogP contribution in [0.2, 0.25) is 0 Å². The third-order valence-corrected chi connectivity index (χ3v) is 2.28. The molecule has 1 aromatic rings. The first-order valence-corrected chi connectivity index (χ1v) is 5.97. The fraction of sp³-hybridized carbons (Fsp3) is 0.357. The summed E-state index contributed by atoms with van der Waals surface area (Å²) in [7, 11) is 1.63. The van der Waals surface area contributed by atoms with Crippen LogP contribution in [0.3, 0.4) is 0 Å². The second kappa shape index (κ2) is 7.37. The van der Waals surface area contributed by atoms with Gasteiger partial charge in [0.25, 0.3) is 0 Å². The van der Waals surface area contributed by atoms with Gasteiger partial charge < -0.3 is 15.4 Å². The van der Waals surface area contributed by atoms with Crippen LogP contribution in [0.1, 0.15) is 19.4 Å². The molecule has 0 fully saturated rings. The molecule has 4 nitrogen and oxygen atoms in total. The minimum atomic E-state index is -0.187. The van der Waals surface area contributed by atoms with Crippen molar-refractivity contribution in [2.75, 3.05) is 13.7 Å². The van der Waals surface area contributed by atoms with E-state index in [1.54, 1.807) is 13.3 Å². The molecule has 2 amide bonds. The van der Waals surface area contributed by atoms with E-state index in [2.05, 4.69) is 10.6 Å². The van der Waals surface area contributed by atoms with Gasteiger partial charge in [0, 0.05) is 12.7 Å². The van der Waals surface area contributed by atoms with Crippen molar-refractivity contribution in [2.45, 2.75) is 13.8 Å². The van der Waals surface area contributed by atoms with Gasteiger partial charge in [0.2, 0.25) is 0 Å². The lowest BCUT2D eigenvalue weighted by molar-refractivity contribution is 0.243. The molecule has 0 aromatic heterocycles. The molecule has 1 rings (SSSR count). The maximum atomic E-state index is 11.3. The predicted octanol–water partition coefficient (Wildman–Crippen LogP) is 2.62. The van der Waals surface area contributed by atoms with Gasteiger partial charge in [-0.05, 0) is 29.7 Å². The van der Waals surface area contributed by atoms with Gasteiger partial charge in [0.1, 0.15) is 5.75 Å². The SMILES string of the molecule is COc1ccc(/C=C/NC(=O)NCC(C)C)cc1. The minimum absolute atomic E-state index is 0.187. The zero-order valence-corrected chi connectivity index (χ0v) is 11.1. The molecule has 2 N–H and O–H groups in total. The van der Waals surface area contributed by atoms with Crippen molar-refractivity contribution in [3.63, 3.8) is 0 Å². The molecule has 0 atom stereocenters. The van der Waals surface area contributed by atoms with Gasteiger partial charge in [-0.2, -0.15) is 0 Å². The first kappa shape index (κ1) is 14.1. The summed E-state index contributed by atoms with van der Waals surface area (Å²) >= 11 is 0. The Morgan fingerprint density at radius 2 is 2.00 bits per heavy atom. The highest BCUT2D eigenvalue weighted by atomic mass is 16.5. The first-order chi connectivity index (χ1) is 8.61. The van der Waals surface area contributed by atoms with Crippen LogP contribution in [-0.2, 0) is 0 Å². The van der Waals surface area contributed by atoms with Crippen molar-refractivity contribution >= 4 is 12.1 Å². The van der Waals surface area contributed by atoms with Gasteiger partial charge >= 0.3 is 6.03 Å². The Balaban J connectivity index is 2.37.